The quantitative estimate of drug-likeness (QED) is 0.764. The first-order valence-electron chi connectivity index (χ1n) is 5.39. The van der Waals surface area contributed by atoms with Gasteiger partial charge in [0, 0.05) is 11.6 Å². The highest BCUT2D eigenvalue weighted by Gasteiger charge is 2.32. The lowest BCUT2D eigenvalue weighted by Crippen LogP contribution is -2.46. The van der Waals surface area contributed by atoms with E-state index in [-0.39, 0.29) is 0 Å². The molecule has 0 aliphatic rings. The first kappa shape index (κ1) is 16.6. The molecule has 1 aromatic carbocycles. The van der Waals surface area contributed by atoms with Crippen molar-refractivity contribution in [3.8, 4) is 0 Å². The summed E-state index contributed by atoms with van der Waals surface area (Å²) in [6, 6.07) is 8.97. The smallest absolute Gasteiger partial charge is 0.226 e. The van der Waals surface area contributed by atoms with Gasteiger partial charge in [0.1, 0.15) is 0 Å². The highest BCUT2D eigenvalue weighted by molar-refractivity contribution is 9.09. The first-order chi connectivity index (χ1) is 8.58. The Morgan fingerprint density at radius 1 is 1.16 bits per heavy atom. The maximum Gasteiger partial charge on any atom is 0.226 e. The zero-order chi connectivity index (χ0) is 14.7. The second-order valence-electron chi connectivity index (χ2n) is 4.59. The lowest BCUT2D eigenvalue weighted by molar-refractivity contribution is 0.484. The molecule has 0 saturated heterocycles. The largest absolute Gasteiger partial charge is 0.228 e. The Morgan fingerprint density at radius 3 is 2.11 bits per heavy atom. The number of rotatable bonds is 6. The summed E-state index contributed by atoms with van der Waals surface area (Å²) in [6.07, 6.45) is 0.889. The fraction of sp³-hybridized carbons (Fsp3) is 0.455. The van der Waals surface area contributed by atoms with Crippen LogP contribution < -0.4 is 4.72 Å². The van der Waals surface area contributed by atoms with Crippen LogP contribution in [-0.4, -0.2) is 33.5 Å². The van der Waals surface area contributed by atoms with Crippen molar-refractivity contribution in [2.45, 2.75) is 12.5 Å². The molecular weight excluding hydrogens is 354 g/mol. The van der Waals surface area contributed by atoms with Crippen molar-refractivity contribution in [2.24, 2.45) is 0 Å². The summed E-state index contributed by atoms with van der Waals surface area (Å²) < 4.78 is 48.5. The molecule has 1 unspecified atom stereocenters. The zero-order valence-electron chi connectivity index (χ0n) is 10.6. The Kier molecular flexibility index (Phi) is 5.16. The topological polar surface area (TPSA) is 80.3 Å². The van der Waals surface area contributed by atoms with Gasteiger partial charge in [0.05, 0.1) is 5.54 Å². The van der Waals surface area contributed by atoms with Crippen LogP contribution in [0, 0.1) is 0 Å². The van der Waals surface area contributed by atoms with E-state index in [1.54, 1.807) is 31.2 Å². The molecule has 0 fully saturated rings. The molecule has 0 saturated carbocycles. The van der Waals surface area contributed by atoms with Crippen LogP contribution in [-0.2, 0) is 25.4 Å². The van der Waals surface area contributed by atoms with Crippen LogP contribution in [0.3, 0.4) is 0 Å². The molecule has 1 N–H and O–H groups in total. The molecule has 0 aromatic heterocycles. The predicted molar refractivity (Wildman–Crippen MR) is 79.4 cm³/mol. The molecule has 1 rings (SSSR count). The fourth-order valence-electron chi connectivity index (χ4n) is 1.62. The molecule has 0 bridgehead atoms. The van der Waals surface area contributed by atoms with Gasteiger partial charge in [-0.05, 0) is 12.5 Å². The monoisotopic (exact) mass is 369 g/mol. The number of alkyl halides is 1. The number of hydrogen-bond acceptors (Lipinski definition) is 4. The summed E-state index contributed by atoms with van der Waals surface area (Å²) in [4.78, 5) is 0. The molecule has 0 aliphatic carbocycles. The van der Waals surface area contributed by atoms with Crippen LogP contribution in [0.2, 0.25) is 0 Å². The summed E-state index contributed by atoms with van der Waals surface area (Å²) in [6.45, 7) is 1.69. The van der Waals surface area contributed by atoms with Crippen LogP contribution in [0.25, 0.3) is 0 Å². The molecule has 0 radical (unpaired) electrons. The molecule has 0 aliphatic heterocycles. The van der Waals surface area contributed by atoms with Crippen LogP contribution >= 0.6 is 15.9 Å². The van der Waals surface area contributed by atoms with Crippen LogP contribution in [0.15, 0.2) is 30.3 Å². The molecule has 0 amide bonds. The number of sulfonamides is 1. The van der Waals surface area contributed by atoms with Gasteiger partial charge in [0.25, 0.3) is 0 Å². The third-order valence-electron chi connectivity index (χ3n) is 2.43. The molecule has 0 spiro atoms. The van der Waals surface area contributed by atoms with Crippen molar-refractivity contribution < 1.29 is 16.8 Å². The Hall–Kier alpha value is -0.440. The summed E-state index contributed by atoms with van der Waals surface area (Å²) in [5.74, 6) is 0. The molecule has 1 aromatic rings. The van der Waals surface area contributed by atoms with Gasteiger partial charge in [0.15, 0.2) is 14.9 Å². The van der Waals surface area contributed by atoms with E-state index in [1.165, 1.54) is 0 Å². The number of nitrogens with one attached hydrogen (secondary N) is 1. The number of hydrogen-bond donors (Lipinski definition) is 1. The number of benzene rings is 1. The van der Waals surface area contributed by atoms with Gasteiger partial charge in [-0.2, -0.15) is 0 Å². The van der Waals surface area contributed by atoms with E-state index in [9.17, 15) is 16.8 Å². The molecule has 0 heterocycles. The van der Waals surface area contributed by atoms with E-state index in [0.29, 0.717) is 5.33 Å². The van der Waals surface area contributed by atoms with E-state index >= 15 is 0 Å². The van der Waals surface area contributed by atoms with Gasteiger partial charge in [0.2, 0.25) is 10.0 Å². The Balaban J connectivity index is 3.07. The number of sulfone groups is 1. The maximum atomic E-state index is 11.9. The van der Waals surface area contributed by atoms with Crippen molar-refractivity contribution in [3.63, 3.8) is 0 Å². The van der Waals surface area contributed by atoms with Gasteiger partial charge in [-0.3, -0.25) is 0 Å². The van der Waals surface area contributed by atoms with Gasteiger partial charge in [-0.25, -0.2) is 21.6 Å². The van der Waals surface area contributed by atoms with E-state index in [0.717, 1.165) is 11.8 Å². The summed E-state index contributed by atoms with van der Waals surface area (Å²) >= 11 is 3.26. The minimum Gasteiger partial charge on any atom is -0.228 e. The predicted octanol–water partition coefficient (Wildman–Crippen LogP) is 1.22. The van der Waals surface area contributed by atoms with Gasteiger partial charge in [-0.1, -0.05) is 46.3 Å². The van der Waals surface area contributed by atoms with Crippen molar-refractivity contribution >= 4 is 35.8 Å². The van der Waals surface area contributed by atoms with Crippen LogP contribution in [0.1, 0.15) is 12.5 Å². The van der Waals surface area contributed by atoms with Gasteiger partial charge >= 0.3 is 0 Å². The zero-order valence-corrected chi connectivity index (χ0v) is 13.8. The van der Waals surface area contributed by atoms with Crippen molar-refractivity contribution in [3.05, 3.63) is 35.9 Å². The summed E-state index contributed by atoms with van der Waals surface area (Å²) in [7, 11) is -7.54. The molecular formula is C11H16BrNO4S2. The van der Waals surface area contributed by atoms with Crippen molar-refractivity contribution in [1.82, 2.24) is 4.72 Å². The molecule has 1 atom stereocenters. The average Bonchev–Trinajstić information content (AvgIpc) is 2.26. The van der Waals surface area contributed by atoms with E-state index in [4.69, 9.17) is 0 Å². The van der Waals surface area contributed by atoms with Crippen molar-refractivity contribution in [2.75, 3.05) is 16.7 Å². The van der Waals surface area contributed by atoms with Gasteiger partial charge in [-0.15, -0.1) is 0 Å². The highest BCUT2D eigenvalue weighted by atomic mass is 79.9. The van der Waals surface area contributed by atoms with E-state index in [2.05, 4.69) is 20.7 Å². The summed E-state index contributed by atoms with van der Waals surface area (Å²) in [5.41, 5.74) is -0.144. The number of halogens is 1. The minimum absolute atomic E-state index is 0.326. The lowest BCUT2D eigenvalue weighted by atomic mass is 9.96. The van der Waals surface area contributed by atoms with Crippen molar-refractivity contribution in [1.29, 1.82) is 0 Å². The molecule has 108 valence electrons. The average molecular weight is 370 g/mol. The first-order valence-corrected chi connectivity index (χ1v) is 10.2. The highest BCUT2D eigenvalue weighted by Crippen LogP contribution is 2.24. The second-order valence-corrected chi connectivity index (χ2v) is 9.38. The Bertz CT molecular complexity index is 628. The van der Waals surface area contributed by atoms with Crippen LogP contribution in [0.5, 0.6) is 0 Å². The third kappa shape index (κ3) is 5.21. The molecule has 5 nitrogen and oxygen atoms in total. The van der Waals surface area contributed by atoms with Crippen LogP contribution in [0.4, 0.5) is 0 Å². The third-order valence-corrected chi connectivity index (χ3v) is 7.26. The normalized spacial score (nSPS) is 15.9. The molecule has 8 heteroatoms. The lowest BCUT2D eigenvalue weighted by Gasteiger charge is -2.28. The van der Waals surface area contributed by atoms with E-state index < -0.39 is 30.5 Å². The van der Waals surface area contributed by atoms with Gasteiger partial charge < -0.3 is 0 Å². The Labute approximate surface area is 122 Å². The maximum absolute atomic E-state index is 11.9. The molecule has 19 heavy (non-hydrogen) atoms. The minimum atomic E-state index is -3.93. The standard InChI is InChI=1S/C11H16BrNO4S2/c1-11(8-12,10-6-4-3-5-7-10)13-19(16,17)9-18(2,14)15/h3-7,13H,8-9H2,1-2H3. The van der Waals surface area contributed by atoms with E-state index in [1.807, 2.05) is 6.07 Å². The second kappa shape index (κ2) is 5.90. The SMILES string of the molecule is CC(CBr)(NS(=O)(=O)CS(C)(=O)=O)c1ccccc1. The fourth-order valence-corrected chi connectivity index (χ4v) is 5.64. The summed E-state index contributed by atoms with van der Waals surface area (Å²) in [5, 5.41) is -0.595. The Morgan fingerprint density at radius 2 is 1.68 bits per heavy atom.